The Morgan fingerprint density at radius 2 is 2.17 bits per heavy atom. The number of likely N-dealkylation sites (N-methyl/N-ethyl adjacent to an activating group) is 1. The average molecular weight is 249 g/mol. The van der Waals surface area contributed by atoms with Gasteiger partial charge in [0, 0.05) is 6.04 Å². The molecule has 0 aliphatic heterocycles. The third kappa shape index (κ3) is 2.38. The van der Waals surface area contributed by atoms with Crippen molar-refractivity contribution in [2.75, 3.05) is 20.2 Å². The quantitative estimate of drug-likeness (QED) is 0.869. The van der Waals surface area contributed by atoms with Gasteiger partial charge in [-0.1, -0.05) is 19.9 Å². The first-order valence-electron chi connectivity index (χ1n) is 6.80. The molecule has 1 aromatic carbocycles. The van der Waals surface area contributed by atoms with E-state index in [2.05, 4.69) is 24.8 Å². The van der Waals surface area contributed by atoms with Crippen molar-refractivity contribution in [3.8, 4) is 5.75 Å². The molecule has 3 heteroatoms. The Hall–Kier alpha value is -1.06. The first-order chi connectivity index (χ1) is 8.71. The molecule has 0 fully saturated rings. The second-order valence-electron chi connectivity index (χ2n) is 4.91. The summed E-state index contributed by atoms with van der Waals surface area (Å²) in [6, 6.07) is 6.25. The molecule has 0 amide bonds. The predicted molar refractivity (Wildman–Crippen MR) is 73.0 cm³/mol. The molecule has 1 aliphatic rings. The molecule has 1 aromatic rings. The lowest BCUT2D eigenvalue weighted by molar-refractivity contribution is 0.0636. The second kappa shape index (κ2) is 5.72. The zero-order valence-electron chi connectivity index (χ0n) is 11.5. The van der Waals surface area contributed by atoms with Gasteiger partial charge in [-0.15, -0.1) is 0 Å². The zero-order chi connectivity index (χ0) is 13.1. The van der Waals surface area contributed by atoms with Crippen LogP contribution < -0.4 is 4.74 Å². The minimum atomic E-state index is -0.387. The van der Waals surface area contributed by atoms with Crippen molar-refractivity contribution < 1.29 is 9.84 Å². The van der Waals surface area contributed by atoms with Crippen LogP contribution >= 0.6 is 0 Å². The number of benzene rings is 1. The number of ether oxygens (including phenoxy) is 1. The van der Waals surface area contributed by atoms with Crippen molar-refractivity contribution in [1.82, 2.24) is 4.90 Å². The monoisotopic (exact) mass is 249 g/mol. The highest BCUT2D eigenvalue weighted by Crippen LogP contribution is 2.36. The largest absolute Gasteiger partial charge is 0.497 e. The maximum Gasteiger partial charge on any atom is 0.119 e. The molecule has 100 valence electrons. The fraction of sp³-hybridized carbons (Fsp3) is 0.600. The Balaban J connectivity index is 2.21. The van der Waals surface area contributed by atoms with Gasteiger partial charge in [0.15, 0.2) is 0 Å². The normalized spacial score (nSPS) is 22.3. The summed E-state index contributed by atoms with van der Waals surface area (Å²) in [6.45, 7) is 6.37. The Bertz CT molecular complexity index is 405. The van der Waals surface area contributed by atoms with E-state index in [9.17, 15) is 5.11 Å². The van der Waals surface area contributed by atoms with Gasteiger partial charge < -0.3 is 9.84 Å². The van der Waals surface area contributed by atoms with Crippen LogP contribution in [0.25, 0.3) is 0 Å². The van der Waals surface area contributed by atoms with Crippen LogP contribution in [0.3, 0.4) is 0 Å². The van der Waals surface area contributed by atoms with E-state index < -0.39 is 0 Å². The van der Waals surface area contributed by atoms with Gasteiger partial charge >= 0.3 is 0 Å². The summed E-state index contributed by atoms with van der Waals surface area (Å²) in [7, 11) is 1.66. The zero-order valence-corrected chi connectivity index (χ0v) is 11.5. The summed E-state index contributed by atoms with van der Waals surface area (Å²) in [5.41, 5.74) is 2.29. The highest BCUT2D eigenvalue weighted by Gasteiger charge is 2.34. The lowest BCUT2D eigenvalue weighted by Gasteiger charge is -2.29. The molecule has 2 atom stereocenters. The highest BCUT2D eigenvalue weighted by atomic mass is 16.5. The van der Waals surface area contributed by atoms with Crippen molar-refractivity contribution in [2.45, 2.75) is 38.8 Å². The van der Waals surface area contributed by atoms with Crippen LogP contribution in [0.4, 0.5) is 0 Å². The Labute approximate surface area is 109 Å². The topological polar surface area (TPSA) is 32.7 Å². The van der Waals surface area contributed by atoms with Crippen LogP contribution in [0.1, 0.15) is 37.5 Å². The molecule has 2 rings (SSSR count). The molecular weight excluding hydrogens is 226 g/mol. The summed E-state index contributed by atoms with van der Waals surface area (Å²) in [5.74, 6) is 0.826. The molecule has 0 saturated heterocycles. The highest BCUT2D eigenvalue weighted by molar-refractivity contribution is 5.41. The second-order valence-corrected chi connectivity index (χ2v) is 4.91. The van der Waals surface area contributed by atoms with E-state index in [0.29, 0.717) is 0 Å². The van der Waals surface area contributed by atoms with Crippen molar-refractivity contribution in [3.63, 3.8) is 0 Å². The average Bonchev–Trinajstić information content (AvgIpc) is 2.73. The molecule has 0 spiro atoms. The number of nitrogens with zero attached hydrogens (tertiary/aromatic N) is 1. The first kappa shape index (κ1) is 13.4. The third-order valence-corrected chi connectivity index (χ3v) is 3.85. The van der Waals surface area contributed by atoms with E-state index in [4.69, 9.17) is 4.74 Å². The van der Waals surface area contributed by atoms with E-state index >= 15 is 0 Å². The number of aliphatic hydroxyl groups excluding tert-OH is 1. The molecule has 2 unspecified atom stereocenters. The minimum absolute atomic E-state index is 0.219. The molecule has 18 heavy (non-hydrogen) atoms. The molecule has 1 N–H and O–H groups in total. The van der Waals surface area contributed by atoms with Crippen molar-refractivity contribution in [3.05, 3.63) is 29.3 Å². The SMILES string of the molecule is CCCN(CC)C1Cc2ccc(OC)cc2C1O. The van der Waals surface area contributed by atoms with Crippen LogP contribution in [0.2, 0.25) is 0 Å². The van der Waals surface area contributed by atoms with Crippen LogP contribution in [0.5, 0.6) is 5.75 Å². The Morgan fingerprint density at radius 1 is 1.39 bits per heavy atom. The maximum absolute atomic E-state index is 10.5. The van der Waals surface area contributed by atoms with Gasteiger partial charge in [0.25, 0.3) is 0 Å². The summed E-state index contributed by atoms with van der Waals surface area (Å²) >= 11 is 0. The summed E-state index contributed by atoms with van der Waals surface area (Å²) < 4.78 is 5.23. The maximum atomic E-state index is 10.5. The Morgan fingerprint density at radius 3 is 2.78 bits per heavy atom. The summed E-state index contributed by atoms with van der Waals surface area (Å²) in [6.07, 6.45) is 1.67. The standard InChI is InChI=1S/C15H23NO2/c1-4-8-16(5-2)14-9-11-6-7-12(18-3)10-13(11)15(14)17/h6-7,10,14-15,17H,4-5,8-9H2,1-3H3. The number of aliphatic hydroxyl groups is 1. The van der Waals surface area contributed by atoms with Crippen molar-refractivity contribution in [1.29, 1.82) is 0 Å². The number of fused-ring (bicyclic) bond motifs is 1. The van der Waals surface area contributed by atoms with E-state index in [1.54, 1.807) is 7.11 Å². The van der Waals surface area contributed by atoms with Crippen LogP contribution in [0.15, 0.2) is 18.2 Å². The molecule has 0 heterocycles. The van der Waals surface area contributed by atoms with E-state index in [1.807, 2.05) is 12.1 Å². The van der Waals surface area contributed by atoms with Gasteiger partial charge in [0.1, 0.15) is 5.75 Å². The summed E-state index contributed by atoms with van der Waals surface area (Å²) in [5, 5.41) is 10.5. The third-order valence-electron chi connectivity index (χ3n) is 3.85. The van der Waals surface area contributed by atoms with Gasteiger partial charge in [0.2, 0.25) is 0 Å². The minimum Gasteiger partial charge on any atom is -0.497 e. The first-order valence-corrected chi connectivity index (χ1v) is 6.80. The van der Waals surface area contributed by atoms with Gasteiger partial charge in [-0.3, -0.25) is 4.90 Å². The number of hydrogen-bond donors (Lipinski definition) is 1. The van der Waals surface area contributed by atoms with Gasteiger partial charge in [-0.05, 0) is 49.2 Å². The van der Waals surface area contributed by atoms with Crippen molar-refractivity contribution in [2.24, 2.45) is 0 Å². The molecule has 0 saturated carbocycles. The van der Waals surface area contributed by atoms with Gasteiger partial charge in [-0.2, -0.15) is 0 Å². The van der Waals surface area contributed by atoms with E-state index in [1.165, 1.54) is 5.56 Å². The Kier molecular flexibility index (Phi) is 4.25. The van der Waals surface area contributed by atoms with Crippen LogP contribution in [-0.2, 0) is 6.42 Å². The lowest BCUT2D eigenvalue weighted by Crippen LogP contribution is -2.38. The molecule has 3 nitrogen and oxygen atoms in total. The molecule has 0 bridgehead atoms. The van der Waals surface area contributed by atoms with Gasteiger partial charge in [-0.25, -0.2) is 0 Å². The van der Waals surface area contributed by atoms with Crippen molar-refractivity contribution >= 4 is 0 Å². The molecule has 0 radical (unpaired) electrons. The summed E-state index contributed by atoms with van der Waals surface area (Å²) in [4.78, 5) is 2.37. The number of methoxy groups -OCH3 is 1. The predicted octanol–water partition coefficient (Wildman–Crippen LogP) is 2.39. The fourth-order valence-electron chi connectivity index (χ4n) is 2.88. The molecule has 0 aromatic heterocycles. The number of rotatable bonds is 5. The van der Waals surface area contributed by atoms with Crippen LogP contribution in [-0.4, -0.2) is 36.2 Å². The molecule has 1 aliphatic carbocycles. The smallest absolute Gasteiger partial charge is 0.119 e. The van der Waals surface area contributed by atoms with Crippen LogP contribution in [0, 0.1) is 0 Å². The van der Waals surface area contributed by atoms with E-state index in [0.717, 1.165) is 37.2 Å². The van der Waals surface area contributed by atoms with Gasteiger partial charge in [0.05, 0.1) is 13.2 Å². The van der Waals surface area contributed by atoms with E-state index in [-0.39, 0.29) is 12.1 Å². The number of hydrogen-bond acceptors (Lipinski definition) is 3. The lowest BCUT2D eigenvalue weighted by atomic mass is 10.1. The molecular formula is C15H23NO2. The fourth-order valence-corrected chi connectivity index (χ4v) is 2.88.